The van der Waals surface area contributed by atoms with Gasteiger partial charge < -0.3 is 14.8 Å². The van der Waals surface area contributed by atoms with Crippen LogP contribution in [0.15, 0.2) is 36.7 Å². The van der Waals surface area contributed by atoms with Crippen LogP contribution in [-0.4, -0.2) is 22.6 Å². The third kappa shape index (κ3) is 2.78. The number of aromatic nitrogens is 2. The molecule has 0 amide bonds. The molecule has 0 radical (unpaired) electrons. The van der Waals surface area contributed by atoms with Crippen molar-refractivity contribution in [2.24, 2.45) is 0 Å². The Morgan fingerprint density at radius 1 is 1.29 bits per heavy atom. The number of anilines is 1. The molecule has 1 aliphatic rings. The van der Waals surface area contributed by atoms with Gasteiger partial charge >= 0.3 is 0 Å². The highest BCUT2D eigenvalue weighted by atomic mass is 32.1. The van der Waals surface area contributed by atoms with Crippen molar-refractivity contribution in [3.05, 3.63) is 41.5 Å². The molecule has 1 aromatic carbocycles. The summed E-state index contributed by atoms with van der Waals surface area (Å²) in [5.74, 6) is 2.47. The number of para-hydroxylation sites is 2. The van der Waals surface area contributed by atoms with Crippen molar-refractivity contribution in [2.45, 2.75) is 32.4 Å². The first kappa shape index (κ1) is 15.2. The fraction of sp³-hybridized carbons (Fsp3) is 0.333. The second kappa shape index (κ2) is 6.28. The Hall–Kier alpha value is -2.34. The molecule has 0 spiro atoms. The number of ether oxygens (including phenoxy) is 2. The van der Waals surface area contributed by atoms with Gasteiger partial charge in [0, 0.05) is 6.04 Å². The number of thiophene rings is 1. The van der Waals surface area contributed by atoms with E-state index in [0.717, 1.165) is 38.8 Å². The summed E-state index contributed by atoms with van der Waals surface area (Å²) in [4.78, 5) is 10.9. The third-order valence-electron chi connectivity index (χ3n) is 4.17. The monoisotopic (exact) mass is 341 g/mol. The molecule has 2 atom stereocenters. The number of nitrogens with one attached hydrogen (secondary N) is 1. The maximum absolute atomic E-state index is 6.11. The van der Waals surface area contributed by atoms with E-state index in [9.17, 15) is 0 Å². The van der Waals surface area contributed by atoms with Gasteiger partial charge in [-0.3, -0.25) is 0 Å². The number of hydrogen-bond donors (Lipinski definition) is 1. The van der Waals surface area contributed by atoms with E-state index in [1.54, 1.807) is 17.7 Å². The van der Waals surface area contributed by atoms with Crippen LogP contribution in [0.4, 0.5) is 5.82 Å². The average Bonchev–Trinajstić information content (AvgIpc) is 3.06. The van der Waals surface area contributed by atoms with Crippen molar-refractivity contribution >= 4 is 27.4 Å². The Kier molecular flexibility index (Phi) is 3.98. The molecule has 2 aromatic heterocycles. The molecule has 0 saturated carbocycles. The fourth-order valence-corrected chi connectivity index (χ4v) is 3.66. The lowest BCUT2D eigenvalue weighted by Crippen LogP contribution is -2.20. The van der Waals surface area contributed by atoms with Gasteiger partial charge in [-0.25, -0.2) is 9.97 Å². The minimum atomic E-state index is -0.115. The number of nitrogens with zero attached hydrogens (tertiary/aromatic N) is 2. The molecule has 6 heteroatoms. The van der Waals surface area contributed by atoms with Gasteiger partial charge in [-0.15, -0.1) is 11.3 Å². The molecule has 1 N–H and O–H groups in total. The van der Waals surface area contributed by atoms with Gasteiger partial charge in [0.25, 0.3) is 0 Å². The van der Waals surface area contributed by atoms with Crippen LogP contribution in [0, 0.1) is 0 Å². The van der Waals surface area contributed by atoms with Gasteiger partial charge in [-0.05, 0) is 31.5 Å². The highest BCUT2D eigenvalue weighted by Crippen LogP contribution is 2.39. The molecule has 5 nitrogen and oxygen atoms in total. The summed E-state index contributed by atoms with van der Waals surface area (Å²) in [6, 6.07) is 10.2. The highest BCUT2D eigenvalue weighted by Gasteiger charge is 2.25. The molecule has 124 valence electrons. The van der Waals surface area contributed by atoms with Crippen LogP contribution in [0.3, 0.4) is 0 Å². The van der Waals surface area contributed by atoms with E-state index in [1.165, 1.54) is 0 Å². The molecule has 1 aliphatic heterocycles. The summed E-state index contributed by atoms with van der Waals surface area (Å²) in [6.07, 6.45) is 2.54. The van der Waals surface area contributed by atoms with E-state index >= 15 is 0 Å². The molecule has 0 fully saturated rings. The lowest BCUT2D eigenvalue weighted by Gasteiger charge is -2.25. The molecule has 0 saturated heterocycles. The van der Waals surface area contributed by atoms with Crippen molar-refractivity contribution in [2.75, 3.05) is 11.9 Å². The van der Waals surface area contributed by atoms with Crippen LogP contribution in [0.2, 0.25) is 0 Å². The summed E-state index contributed by atoms with van der Waals surface area (Å²) in [7, 11) is 0. The van der Waals surface area contributed by atoms with Crippen molar-refractivity contribution in [1.82, 2.24) is 9.97 Å². The lowest BCUT2D eigenvalue weighted by molar-refractivity contribution is 0.0938. The molecule has 0 unspecified atom stereocenters. The molecule has 24 heavy (non-hydrogen) atoms. The van der Waals surface area contributed by atoms with Crippen molar-refractivity contribution in [3.8, 4) is 11.5 Å². The maximum atomic E-state index is 6.11. The summed E-state index contributed by atoms with van der Waals surface area (Å²) in [5.41, 5.74) is 0. The van der Waals surface area contributed by atoms with Gasteiger partial charge in [0.05, 0.1) is 10.3 Å². The topological polar surface area (TPSA) is 56.3 Å². The van der Waals surface area contributed by atoms with Crippen LogP contribution in [0.5, 0.6) is 11.5 Å². The largest absolute Gasteiger partial charge is 0.485 e. The quantitative estimate of drug-likeness (QED) is 0.761. The molecular formula is C18H19N3O2S. The average molecular weight is 341 g/mol. The predicted octanol–water partition coefficient (Wildman–Crippen LogP) is 4.41. The van der Waals surface area contributed by atoms with Crippen molar-refractivity contribution < 1.29 is 9.47 Å². The predicted molar refractivity (Wildman–Crippen MR) is 96.1 cm³/mol. The lowest BCUT2D eigenvalue weighted by atomic mass is 10.2. The first-order valence-electron chi connectivity index (χ1n) is 8.14. The zero-order valence-electron chi connectivity index (χ0n) is 13.7. The van der Waals surface area contributed by atoms with Crippen LogP contribution >= 0.6 is 11.3 Å². The Balaban J connectivity index is 1.65. The van der Waals surface area contributed by atoms with Gasteiger partial charge in [-0.2, -0.15) is 0 Å². The molecule has 4 rings (SSSR count). The van der Waals surface area contributed by atoms with Gasteiger partial charge in [0.1, 0.15) is 23.6 Å². The summed E-state index contributed by atoms with van der Waals surface area (Å²) < 4.78 is 11.9. The molecule has 0 bridgehead atoms. The minimum Gasteiger partial charge on any atom is -0.485 e. The van der Waals surface area contributed by atoms with E-state index in [0.29, 0.717) is 12.6 Å². The van der Waals surface area contributed by atoms with Crippen molar-refractivity contribution in [1.29, 1.82) is 0 Å². The van der Waals surface area contributed by atoms with Crippen LogP contribution in [0.25, 0.3) is 10.2 Å². The number of fused-ring (bicyclic) bond motifs is 2. The standard InChI is InChI=1S/C18H19N3O2S/c1-3-11(2)21-17-12-8-16(24-18(12)20-10-19-17)15-9-22-13-6-4-5-7-14(13)23-15/h4-8,10-11,15H,3,9H2,1-2H3,(H,19,20,21)/t11-,15+/m1/s1. The SMILES string of the molecule is CC[C@@H](C)Nc1ncnc2sc([C@@H]3COc4ccccc4O3)cc12. The zero-order chi connectivity index (χ0) is 16.5. The van der Waals surface area contributed by atoms with Gasteiger partial charge in [-0.1, -0.05) is 19.1 Å². The summed E-state index contributed by atoms with van der Waals surface area (Å²) in [6.45, 7) is 4.81. The van der Waals surface area contributed by atoms with E-state index in [2.05, 4.69) is 35.2 Å². The number of benzene rings is 1. The zero-order valence-corrected chi connectivity index (χ0v) is 14.5. The number of hydrogen-bond acceptors (Lipinski definition) is 6. The molecule has 3 aromatic rings. The minimum absolute atomic E-state index is 0.115. The second-order valence-electron chi connectivity index (χ2n) is 5.91. The number of rotatable bonds is 4. The first-order chi connectivity index (χ1) is 11.7. The summed E-state index contributed by atoms with van der Waals surface area (Å²) >= 11 is 1.63. The Labute approximate surface area is 144 Å². The molecule has 3 heterocycles. The van der Waals surface area contributed by atoms with E-state index in [1.807, 2.05) is 24.3 Å². The second-order valence-corrected chi connectivity index (χ2v) is 6.97. The maximum Gasteiger partial charge on any atom is 0.167 e. The molecule has 0 aliphatic carbocycles. The first-order valence-corrected chi connectivity index (χ1v) is 8.95. The van der Waals surface area contributed by atoms with Crippen LogP contribution in [-0.2, 0) is 0 Å². The van der Waals surface area contributed by atoms with Crippen LogP contribution in [0.1, 0.15) is 31.2 Å². The van der Waals surface area contributed by atoms with E-state index < -0.39 is 0 Å². The highest BCUT2D eigenvalue weighted by molar-refractivity contribution is 7.18. The molecular weight excluding hydrogens is 322 g/mol. The summed E-state index contributed by atoms with van der Waals surface area (Å²) in [5, 5.41) is 4.49. The van der Waals surface area contributed by atoms with Gasteiger partial charge in [0.15, 0.2) is 17.6 Å². The normalized spacial score (nSPS) is 17.7. The Morgan fingerprint density at radius 3 is 2.96 bits per heavy atom. The smallest absolute Gasteiger partial charge is 0.167 e. The Bertz CT molecular complexity index is 864. The Morgan fingerprint density at radius 2 is 2.12 bits per heavy atom. The fourth-order valence-electron chi connectivity index (χ4n) is 2.64. The van der Waals surface area contributed by atoms with Gasteiger partial charge in [0.2, 0.25) is 0 Å². The van der Waals surface area contributed by atoms with Crippen LogP contribution < -0.4 is 14.8 Å². The van der Waals surface area contributed by atoms with E-state index in [-0.39, 0.29) is 6.10 Å². The van der Waals surface area contributed by atoms with E-state index in [4.69, 9.17) is 9.47 Å². The third-order valence-corrected chi connectivity index (χ3v) is 5.31. The van der Waals surface area contributed by atoms with Crippen molar-refractivity contribution in [3.63, 3.8) is 0 Å².